The third-order valence-corrected chi connectivity index (χ3v) is 5.04. The van der Waals surface area contributed by atoms with E-state index in [2.05, 4.69) is 17.1 Å². The summed E-state index contributed by atoms with van der Waals surface area (Å²) in [4.78, 5) is 2.49. The molecule has 0 aromatic rings. The number of nitrogens with two attached hydrogens (primary N) is 1. The Morgan fingerprint density at radius 2 is 2.06 bits per heavy atom. The molecule has 0 aromatic heterocycles. The summed E-state index contributed by atoms with van der Waals surface area (Å²) in [5.74, 6) is 0.442. The first-order valence-electron chi connectivity index (χ1n) is 7.54. The molecule has 2 rings (SSSR count). The molecule has 2 fully saturated rings. The Labute approximate surface area is 111 Å². The first kappa shape index (κ1) is 14.3. The van der Waals surface area contributed by atoms with Crippen LogP contribution in [-0.2, 0) is 0 Å². The zero-order valence-corrected chi connectivity index (χ0v) is 11.7. The van der Waals surface area contributed by atoms with Crippen molar-refractivity contribution >= 4 is 0 Å². The summed E-state index contributed by atoms with van der Waals surface area (Å²) in [5.41, 5.74) is 6.17. The highest BCUT2D eigenvalue weighted by molar-refractivity contribution is 4.98. The van der Waals surface area contributed by atoms with Gasteiger partial charge in [0, 0.05) is 24.7 Å². The van der Waals surface area contributed by atoms with E-state index in [9.17, 15) is 5.11 Å². The standard InChI is InChI=1S/C14H29N3O/c1-2-17-8-6-14(11-15,7-9-17)16-13-5-3-4-12(13)10-18/h12-13,16,18H,2-11,15H2,1H3. The molecule has 4 heteroatoms. The van der Waals surface area contributed by atoms with Crippen molar-refractivity contribution in [2.75, 3.05) is 32.8 Å². The second-order valence-electron chi connectivity index (χ2n) is 6.04. The Bertz CT molecular complexity index is 251. The molecular formula is C14H29N3O. The van der Waals surface area contributed by atoms with Gasteiger partial charge in [0.1, 0.15) is 0 Å². The number of hydrogen-bond donors (Lipinski definition) is 3. The van der Waals surface area contributed by atoms with Crippen LogP contribution in [0.2, 0.25) is 0 Å². The van der Waals surface area contributed by atoms with Crippen LogP contribution in [0.3, 0.4) is 0 Å². The van der Waals surface area contributed by atoms with Crippen molar-refractivity contribution in [3.05, 3.63) is 0 Å². The van der Waals surface area contributed by atoms with Crippen LogP contribution < -0.4 is 11.1 Å². The van der Waals surface area contributed by atoms with E-state index < -0.39 is 0 Å². The number of hydrogen-bond acceptors (Lipinski definition) is 4. The lowest BCUT2D eigenvalue weighted by atomic mass is 9.85. The maximum Gasteiger partial charge on any atom is 0.0474 e. The van der Waals surface area contributed by atoms with Gasteiger partial charge in [-0.25, -0.2) is 0 Å². The fourth-order valence-corrected chi connectivity index (χ4v) is 3.54. The van der Waals surface area contributed by atoms with Crippen molar-refractivity contribution < 1.29 is 5.11 Å². The van der Waals surface area contributed by atoms with Gasteiger partial charge < -0.3 is 21.1 Å². The van der Waals surface area contributed by atoms with Gasteiger partial charge in [0.25, 0.3) is 0 Å². The van der Waals surface area contributed by atoms with Gasteiger partial charge in [-0.2, -0.15) is 0 Å². The highest BCUT2D eigenvalue weighted by atomic mass is 16.3. The molecule has 1 heterocycles. The highest BCUT2D eigenvalue weighted by Crippen LogP contribution is 2.30. The number of nitrogens with zero attached hydrogens (tertiary/aromatic N) is 1. The molecule has 4 N–H and O–H groups in total. The van der Waals surface area contributed by atoms with E-state index in [1.807, 2.05) is 0 Å². The molecule has 1 aliphatic heterocycles. The van der Waals surface area contributed by atoms with E-state index in [1.54, 1.807) is 0 Å². The monoisotopic (exact) mass is 255 g/mol. The third kappa shape index (κ3) is 3.05. The Morgan fingerprint density at radius 1 is 1.33 bits per heavy atom. The Morgan fingerprint density at radius 3 is 2.61 bits per heavy atom. The maximum absolute atomic E-state index is 9.42. The summed E-state index contributed by atoms with van der Waals surface area (Å²) in [6.07, 6.45) is 5.89. The van der Waals surface area contributed by atoms with Gasteiger partial charge in [-0.3, -0.25) is 0 Å². The van der Waals surface area contributed by atoms with Crippen molar-refractivity contribution in [1.82, 2.24) is 10.2 Å². The average Bonchev–Trinajstić information content (AvgIpc) is 2.86. The third-order valence-electron chi connectivity index (χ3n) is 5.04. The lowest BCUT2D eigenvalue weighted by Crippen LogP contribution is -2.61. The quantitative estimate of drug-likeness (QED) is 0.671. The Hall–Kier alpha value is -0.160. The van der Waals surface area contributed by atoms with Crippen LogP contribution in [0.4, 0.5) is 0 Å². The van der Waals surface area contributed by atoms with Gasteiger partial charge in [-0.15, -0.1) is 0 Å². The van der Waals surface area contributed by atoms with Gasteiger partial charge in [0.05, 0.1) is 0 Å². The van der Waals surface area contributed by atoms with E-state index in [4.69, 9.17) is 5.73 Å². The van der Waals surface area contributed by atoms with Crippen LogP contribution in [0.15, 0.2) is 0 Å². The predicted octanol–water partition coefficient (Wildman–Crippen LogP) is 0.550. The van der Waals surface area contributed by atoms with Crippen LogP contribution in [-0.4, -0.2) is 54.4 Å². The minimum atomic E-state index is 0.119. The van der Waals surface area contributed by atoms with E-state index >= 15 is 0 Å². The van der Waals surface area contributed by atoms with Crippen LogP contribution in [0.5, 0.6) is 0 Å². The van der Waals surface area contributed by atoms with Crippen LogP contribution in [0.1, 0.15) is 39.0 Å². The van der Waals surface area contributed by atoms with Crippen molar-refractivity contribution in [3.8, 4) is 0 Å². The van der Waals surface area contributed by atoms with Gasteiger partial charge in [-0.1, -0.05) is 13.3 Å². The molecule has 1 aliphatic carbocycles. The van der Waals surface area contributed by atoms with Crippen molar-refractivity contribution in [2.45, 2.75) is 50.6 Å². The van der Waals surface area contributed by atoms with E-state index in [0.29, 0.717) is 18.6 Å². The van der Waals surface area contributed by atoms with Crippen molar-refractivity contribution in [1.29, 1.82) is 0 Å². The number of likely N-dealkylation sites (tertiary alicyclic amines) is 1. The predicted molar refractivity (Wildman–Crippen MR) is 74.5 cm³/mol. The molecule has 0 spiro atoms. The number of rotatable bonds is 5. The van der Waals surface area contributed by atoms with Crippen LogP contribution >= 0.6 is 0 Å². The molecule has 0 amide bonds. The molecule has 4 nitrogen and oxygen atoms in total. The van der Waals surface area contributed by atoms with Crippen LogP contribution in [0, 0.1) is 5.92 Å². The largest absolute Gasteiger partial charge is 0.396 e. The molecule has 2 unspecified atom stereocenters. The first-order chi connectivity index (χ1) is 8.73. The van der Waals surface area contributed by atoms with E-state index in [-0.39, 0.29) is 5.54 Å². The van der Waals surface area contributed by atoms with Gasteiger partial charge >= 0.3 is 0 Å². The molecule has 0 aromatic carbocycles. The molecule has 2 aliphatic rings. The van der Waals surface area contributed by atoms with Gasteiger partial charge in [0.2, 0.25) is 0 Å². The number of nitrogens with one attached hydrogen (secondary N) is 1. The molecular weight excluding hydrogens is 226 g/mol. The smallest absolute Gasteiger partial charge is 0.0474 e. The zero-order chi connectivity index (χ0) is 13.0. The minimum Gasteiger partial charge on any atom is -0.396 e. The summed E-state index contributed by atoms with van der Waals surface area (Å²) in [6, 6.07) is 0.478. The van der Waals surface area contributed by atoms with Crippen LogP contribution in [0.25, 0.3) is 0 Å². The maximum atomic E-state index is 9.42. The molecule has 0 radical (unpaired) electrons. The Balaban J connectivity index is 1.92. The normalized spacial score (nSPS) is 32.8. The molecule has 0 bridgehead atoms. The van der Waals surface area contributed by atoms with Crippen molar-refractivity contribution in [3.63, 3.8) is 0 Å². The highest BCUT2D eigenvalue weighted by Gasteiger charge is 2.37. The molecule has 1 saturated carbocycles. The summed E-state index contributed by atoms with van der Waals surface area (Å²) < 4.78 is 0. The lowest BCUT2D eigenvalue weighted by molar-refractivity contribution is 0.115. The minimum absolute atomic E-state index is 0.119. The summed E-state index contributed by atoms with van der Waals surface area (Å²) >= 11 is 0. The lowest BCUT2D eigenvalue weighted by Gasteiger charge is -2.44. The SMILES string of the molecule is CCN1CCC(CN)(NC2CCCC2CO)CC1. The molecule has 2 atom stereocenters. The fourth-order valence-electron chi connectivity index (χ4n) is 3.54. The van der Waals surface area contributed by atoms with Gasteiger partial charge in [0.15, 0.2) is 0 Å². The summed E-state index contributed by atoms with van der Waals surface area (Å²) in [7, 11) is 0. The zero-order valence-electron chi connectivity index (χ0n) is 11.7. The number of aliphatic hydroxyl groups is 1. The summed E-state index contributed by atoms with van der Waals surface area (Å²) in [6.45, 7) is 6.71. The topological polar surface area (TPSA) is 61.5 Å². The Kier molecular flexibility index (Phi) is 5.01. The number of piperidine rings is 1. The number of aliphatic hydroxyl groups excluding tert-OH is 1. The van der Waals surface area contributed by atoms with E-state index in [1.165, 1.54) is 12.8 Å². The van der Waals surface area contributed by atoms with Gasteiger partial charge in [-0.05, 0) is 51.2 Å². The average molecular weight is 255 g/mol. The molecule has 18 heavy (non-hydrogen) atoms. The second-order valence-corrected chi connectivity index (χ2v) is 6.04. The molecule has 1 saturated heterocycles. The summed E-state index contributed by atoms with van der Waals surface area (Å²) in [5, 5.41) is 13.2. The van der Waals surface area contributed by atoms with E-state index in [0.717, 1.165) is 45.4 Å². The second kappa shape index (κ2) is 6.33. The fraction of sp³-hybridized carbons (Fsp3) is 1.00. The molecule has 106 valence electrons. The first-order valence-corrected chi connectivity index (χ1v) is 7.54. The van der Waals surface area contributed by atoms with Crippen molar-refractivity contribution in [2.24, 2.45) is 11.7 Å².